The van der Waals surface area contributed by atoms with Gasteiger partial charge in [0.2, 0.25) is 11.9 Å². The predicted molar refractivity (Wildman–Crippen MR) is 144 cm³/mol. The summed E-state index contributed by atoms with van der Waals surface area (Å²) < 4.78 is 26.7. The summed E-state index contributed by atoms with van der Waals surface area (Å²) in [5.41, 5.74) is 2.17. The van der Waals surface area contributed by atoms with E-state index in [1.807, 2.05) is 24.1 Å². The van der Waals surface area contributed by atoms with Gasteiger partial charge >= 0.3 is 0 Å². The number of carbonyl (C=O) groups excluding carboxylic acids is 1. The lowest BCUT2D eigenvalue weighted by Gasteiger charge is -2.34. The molecule has 0 unspecified atom stereocenters. The number of aromatic nitrogens is 2. The van der Waals surface area contributed by atoms with E-state index in [1.165, 1.54) is 0 Å². The Kier molecular flexibility index (Phi) is 6.06. The second kappa shape index (κ2) is 9.05. The van der Waals surface area contributed by atoms with Gasteiger partial charge in [0, 0.05) is 29.5 Å². The van der Waals surface area contributed by atoms with E-state index >= 15 is 0 Å². The molecule has 198 valence electrons. The summed E-state index contributed by atoms with van der Waals surface area (Å²) in [5, 5.41) is 2.95. The highest BCUT2D eigenvalue weighted by molar-refractivity contribution is 7.92. The Labute approximate surface area is 219 Å². The molecule has 6 rings (SSSR count). The van der Waals surface area contributed by atoms with Crippen LogP contribution in [0.5, 0.6) is 0 Å². The number of carbonyl (C=O) groups is 1. The van der Waals surface area contributed by atoms with Crippen molar-refractivity contribution in [3.63, 3.8) is 0 Å². The number of piperidine rings is 1. The van der Waals surface area contributed by atoms with E-state index in [0.717, 1.165) is 74.2 Å². The number of hydrogen-bond donors (Lipinski definition) is 1. The van der Waals surface area contributed by atoms with Gasteiger partial charge in [0.15, 0.2) is 9.84 Å². The fourth-order valence-electron chi connectivity index (χ4n) is 6.47. The molecule has 0 radical (unpaired) electrons. The van der Waals surface area contributed by atoms with E-state index in [2.05, 4.69) is 29.0 Å². The number of rotatable bonds is 6. The van der Waals surface area contributed by atoms with Gasteiger partial charge in [0.25, 0.3) is 0 Å². The Morgan fingerprint density at radius 2 is 1.78 bits per heavy atom. The van der Waals surface area contributed by atoms with Crippen molar-refractivity contribution >= 4 is 33.2 Å². The van der Waals surface area contributed by atoms with E-state index in [4.69, 9.17) is 4.98 Å². The highest BCUT2D eigenvalue weighted by atomic mass is 32.2. The Morgan fingerprint density at radius 1 is 1.08 bits per heavy atom. The van der Waals surface area contributed by atoms with E-state index in [9.17, 15) is 13.2 Å². The smallest absolute Gasteiger partial charge is 0.239 e. The van der Waals surface area contributed by atoms with Crippen LogP contribution >= 0.6 is 0 Å². The lowest BCUT2D eigenvalue weighted by atomic mass is 10.0. The molecule has 1 saturated heterocycles. The summed E-state index contributed by atoms with van der Waals surface area (Å²) in [6, 6.07) is 5.93. The second-order valence-electron chi connectivity index (χ2n) is 11.6. The maximum Gasteiger partial charge on any atom is 0.239 e. The van der Waals surface area contributed by atoms with Gasteiger partial charge in [0.1, 0.15) is 5.82 Å². The third-order valence-electron chi connectivity index (χ3n) is 9.00. The third-order valence-corrected chi connectivity index (χ3v) is 11.3. The van der Waals surface area contributed by atoms with Gasteiger partial charge in [-0.05, 0) is 96.1 Å². The molecule has 2 saturated carbocycles. The first-order valence-corrected chi connectivity index (χ1v) is 15.3. The maximum atomic E-state index is 13.4. The molecule has 1 aromatic heterocycles. The average Bonchev–Trinajstić information content (AvgIpc) is 3.45. The first-order chi connectivity index (χ1) is 17.7. The number of anilines is 3. The Bertz CT molecular complexity index is 1320. The van der Waals surface area contributed by atoms with Crippen molar-refractivity contribution in [2.45, 2.75) is 99.8 Å². The first-order valence-electron chi connectivity index (χ1n) is 13.8. The van der Waals surface area contributed by atoms with Gasteiger partial charge in [-0.3, -0.25) is 9.69 Å². The quantitative estimate of drug-likeness (QED) is 0.596. The molecule has 1 spiro atoms. The van der Waals surface area contributed by atoms with Crippen molar-refractivity contribution in [1.82, 2.24) is 14.9 Å². The molecule has 1 N–H and O–H groups in total. The van der Waals surface area contributed by atoms with Crippen LogP contribution in [0.4, 0.5) is 17.5 Å². The van der Waals surface area contributed by atoms with Crippen LogP contribution in [0.3, 0.4) is 0 Å². The van der Waals surface area contributed by atoms with Gasteiger partial charge in [-0.25, -0.2) is 13.4 Å². The molecule has 0 atom stereocenters. The lowest BCUT2D eigenvalue weighted by molar-refractivity contribution is -0.120. The molecule has 1 amide bonds. The number of hydrogen-bond acceptors (Lipinski definition) is 7. The molecule has 1 aromatic carbocycles. The van der Waals surface area contributed by atoms with Crippen molar-refractivity contribution in [1.29, 1.82) is 0 Å². The largest absolute Gasteiger partial charge is 0.324 e. The minimum absolute atomic E-state index is 0.200. The van der Waals surface area contributed by atoms with Crippen LogP contribution in [0.2, 0.25) is 0 Å². The number of likely N-dealkylation sites (tertiary alicyclic amines) is 1. The molecular weight excluding hydrogens is 486 g/mol. The van der Waals surface area contributed by atoms with Crippen LogP contribution in [0.25, 0.3) is 0 Å². The number of benzene rings is 1. The molecular formula is C28H37N5O3S. The van der Waals surface area contributed by atoms with Crippen LogP contribution < -0.4 is 10.2 Å². The molecule has 9 heteroatoms. The normalized spacial score (nSPS) is 22.3. The minimum atomic E-state index is -3.39. The molecule has 8 nitrogen and oxygen atoms in total. The zero-order valence-electron chi connectivity index (χ0n) is 22.0. The summed E-state index contributed by atoms with van der Waals surface area (Å²) in [5.74, 6) is 1.40. The molecule has 2 aliphatic heterocycles. The number of nitrogens with zero attached hydrogens (tertiary/aromatic N) is 4. The SMILES string of the molecule is Cc1cc(S(=O)(=O)C2CCN(C(C)C)CC2)ccc1Nc1ncc2c(n1)N(C1CCCC1)C(=O)C21CC1. The highest BCUT2D eigenvalue weighted by Gasteiger charge is 2.61. The minimum Gasteiger partial charge on any atom is -0.324 e. The average molecular weight is 524 g/mol. The molecule has 3 heterocycles. The van der Waals surface area contributed by atoms with Crippen LogP contribution in [-0.2, 0) is 20.0 Å². The number of aryl methyl sites for hydroxylation is 1. The van der Waals surface area contributed by atoms with Crippen molar-refractivity contribution in [3.8, 4) is 0 Å². The molecule has 4 aliphatic rings. The number of fused-ring (bicyclic) bond motifs is 2. The summed E-state index contributed by atoms with van der Waals surface area (Å²) in [6.45, 7) is 7.85. The van der Waals surface area contributed by atoms with Crippen LogP contribution in [-0.4, -0.2) is 59.6 Å². The predicted octanol–water partition coefficient (Wildman–Crippen LogP) is 4.50. The van der Waals surface area contributed by atoms with Gasteiger partial charge < -0.3 is 10.2 Å². The fraction of sp³-hybridized carbons (Fsp3) is 0.607. The van der Waals surface area contributed by atoms with Gasteiger partial charge in [0.05, 0.1) is 15.6 Å². The van der Waals surface area contributed by atoms with Crippen LogP contribution in [0.1, 0.15) is 76.3 Å². The zero-order valence-corrected chi connectivity index (χ0v) is 22.9. The van der Waals surface area contributed by atoms with Gasteiger partial charge in [-0.1, -0.05) is 12.8 Å². The Hall–Kier alpha value is -2.52. The molecule has 0 bridgehead atoms. The summed E-state index contributed by atoms with van der Waals surface area (Å²) in [4.78, 5) is 27.4. The number of amides is 1. The summed E-state index contributed by atoms with van der Waals surface area (Å²) in [6.07, 6.45) is 9.27. The van der Waals surface area contributed by atoms with Gasteiger partial charge in [-0.15, -0.1) is 0 Å². The monoisotopic (exact) mass is 523 g/mol. The highest BCUT2D eigenvalue weighted by Crippen LogP contribution is 2.57. The van der Waals surface area contributed by atoms with Crippen molar-refractivity contribution in [2.75, 3.05) is 23.3 Å². The van der Waals surface area contributed by atoms with Gasteiger partial charge in [-0.2, -0.15) is 4.98 Å². The van der Waals surface area contributed by atoms with E-state index in [-0.39, 0.29) is 17.2 Å². The maximum absolute atomic E-state index is 13.4. The van der Waals surface area contributed by atoms with Crippen LogP contribution in [0, 0.1) is 6.92 Å². The van der Waals surface area contributed by atoms with Crippen molar-refractivity contribution < 1.29 is 13.2 Å². The van der Waals surface area contributed by atoms with E-state index < -0.39 is 15.3 Å². The topological polar surface area (TPSA) is 95.5 Å². The van der Waals surface area contributed by atoms with E-state index in [1.54, 1.807) is 12.1 Å². The van der Waals surface area contributed by atoms with E-state index in [0.29, 0.717) is 29.7 Å². The first kappa shape index (κ1) is 24.8. The fourth-order valence-corrected chi connectivity index (χ4v) is 8.29. The summed E-state index contributed by atoms with van der Waals surface area (Å²) >= 11 is 0. The number of sulfone groups is 1. The molecule has 3 fully saturated rings. The zero-order chi connectivity index (χ0) is 25.9. The second-order valence-corrected chi connectivity index (χ2v) is 13.8. The molecule has 37 heavy (non-hydrogen) atoms. The van der Waals surface area contributed by atoms with Crippen LogP contribution in [0.15, 0.2) is 29.3 Å². The Balaban J connectivity index is 1.22. The third kappa shape index (κ3) is 4.14. The van der Waals surface area contributed by atoms with Crippen molar-refractivity contribution in [3.05, 3.63) is 35.5 Å². The standard InChI is InChI=1S/C28H37N5O3S/c1-18(2)32-14-10-21(11-15-32)37(35,36)22-8-9-24(19(3)16-22)30-27-29-17-23-25(31-27)33(20-6-4-5-7-20)26(34)28(23)12-13-28/h8-9,16-18,20-21H,4-7,10-15H2,1-3H3,(H,29,30,31). The molecule has 2 aromatic rings. The summed E-state index contributed by atoms with van der Waals surface area (Å²) in [7, 11) is -3.39. The Morgan fingerprint density at radius 3 is 2.41 bits per heavy atom. The van der Waals surface area contributed by atoms with Crippen molar-refractivity contribution in [2.24, 2.45) is 0 Å². The number of nitrogens with one attached hydrogen (secondary N) is 1. The molecule has 2 aliphatic carbocycles. The lowest BCUT2D eigenvalue weighted by Crippen LogP contribution is -2.42.